The van der Waals surface area contributed by atoms with Crippen molar-refractivity contribution in [3.8, 4) is 23.5 Å². The third-order valence-corrected chi connectivity index (χ3v) is 6.50. The number of unbranched alkanes of at least 4 members (excludes halogenated alkanes) is 1. The van der Waals surface area contributed by atoms with Crippen molar-refractivity contribution < 1.29 is 19.9 Å². The van der Waals surface area contributed by atoms with Gasteiger partial charge in [-0.05, 0) is 60.3 Å². The van der Waals surface area contributed by atoms with Crippen molar-refractivity contribution in [3.63, 3.8) is 0 Å². The van der Waals surface area contributed by atoms with Gasteiger partial charge in [-0.1, -0.05) is 55.2 Å². The Labute approximate surface area is 190 Å². The van der Waals surface area contributed by atoms with Crippen LogP contribution in [0.15, 0.2) is 48.5 Å². The van der Waals surface area contributed by atoms with Crippen molar-refractivity contribution in [2.24, 2.45) is 11.7 Å². The van der Waals surface area contributed by atoms with Crippen molar-refractivity contribution in [3.05, 3.63) is 59.7 Å². The van der Waals surface area contributed by atoms with Gasteiger partial charge in [0.1, 0.15) is 5.54 Å². The number of nitrogens with two attached hydrogens (primary N) is 1. The van der Waals surface area contributed by atoms with E-state index in [1.807, 2.05) is 24.3 Å². The predicted molar refractivity (Wildman–Crippen MR) is 127 cm³/mol. The molecule has 168 valence electrons. The molecule has 1 aliphatic rings. The number of terminal acetylenes is 1. The summed E-state index contributed by atoms with van der Waals surface area (Å²) in [5.41, 5.74) is 9.28. The summed E-state index contributed by atoms with van der Waals surface area (Å²) in [5.74, 6) is 1.57. The molecule has 0 spiro atoms. The number of benzene rings is 2. The zero-order chi connectivity index (χ0) is 23.1. The zero-order valence-corrected chi connectivity index (χ0v) is 18.2. The van der Waals surface area contributed by atoms with E-state index in [2.05, 4.69) is 35.5 Å². The van der Waals surface area contributed by atoms with E-state index in [-0.39, 0.29) is 18.3 Å². The molecule has 1 atom stereocenters. The summed E-state index contributed by atoms with van der Waals surface area (Å²) in [4.78, 5) is 11.8. The summed E-state index contributed by atoms with van der Waals surface area (Å²) in [7, 11) is -1.35. The average molecular weight is 434 g/mol. The van der Waals surface area contributed by atoms with Gasteiger partial charge >= 0.3 is 13.1 Å². The van der Waals surface area contributed by atoms with Gasteiger partial charge in [0.25, 0.3) is 0 Å². The first-order chi connectivity index (χ1) is 15.3. The van der Waals surface area contributed by atoms with Gasteiger partial charge in [-0.3, -0.25) is 4.79 Å². The molecule has 0 aliphatic heterocycles. The molecule has 3 rings (SSSR count). The molecule has 32 heavy (non-hydrogen) atoms. The second-order valence-corrected chi connectivity index (χ2v) is 8.74. The average Bonchev–Trinajstić information content (AvgIpc) is 2.76. The Morgan fingerprint density at radius 2 is 1.69 bits per heavy atom. The van der Waals surface area contributed by atoms with Gasteiger partial charge in [0.05, 0.1) is 0 Å². The van der Waals surface area contributed by atoms with Crippen LogP contribution in [-0.4, -0.2) is 39.8 Å². The van der Waals surface area contributed by atoms with Gasteiger partial charge < -0.3 is 26.2 Å². The highest BCUT2D eigenvalue weighted by molar-refractivity contribution is 6.40. The monoisotopic (exact) mass is 434 g/mol. The number of carbonyl (C=O) groups is 1. The third-order valence-electron chi connectivity index (χ3n) is 6.50. The third kappa shape index (κ3) is 5.99. The smallest absolute Gasteiger partial charge is 0.451 e. The van der Waals surface area contributed by atoms with Crippen LogP contribution >= 0.6 is 0 Å². The molecule has 1 fully saturated rings. The summed E-state index contributed by atoms with van der Waals surface area (Å²) in [6.45, 7) is 0.715. The Kier molecular flexibility index (Phi) is 8.11. The highest BCUT2D eigenvalue weighted by Crippen LogP contribution is 2.38. The molecule has 6 N–H and O–H groups in total. The number of hydrogen-bond acceptors (Lipinski definition) is 5. The van der Waals surface area contributed by atoms with Crippen LogP contribution in [0, 0.1) is 18.3 Å². The lowest BCUT2D eigenvalue weighted by Gasteiger charge is -2.45. The van der Waals surface area contributed by atoms with Gasteiger partial charge in [0.2, 0.25) is 0 Å². The maximum atomic E-state index is 11.8. The van der Waals surface area contributed by atoms with Gasteiger partial charge in [-0.25, -0.2) is 0 Å². The summed E-state index contributed by atoms with van der Waals surface area (Å²) >= 11 is 0. The van der Waals surface area contributed by atoms with Crippen LogP contribution in [0.3, 0.4) is 0 Å². The lowest BCUT2D eigenvalue weighted by Crippen LogP contribution is -2.61. The first-order valence-corrected chi connectivity index (χ1v) is 11.1. The SMILES string of the molecule is C#Cc1ccc(-c2ccc(CNC3CC([C@](N)(CCCCB(O)O)C(=O)O)C3)cc2)cc1. The normalized spacial score (nSPS) is 19.4. The van der Waals surface area contributed by atoms with E-state index in [1.165, 1.54) is 0 Å². The number of hydrogen-bond donors (Lipinski definition) is 5. The molecule has 1 saturated carbocycles. The van der Waals surface area contributed by atoms with Crippen molar-refractivity contribution in [2.75, 3.05) is 0 Å². The minimum absolute atomic E-state index is 0.0788. The molecule has 6 nitrogen and oxygen atoms in total. The maximum absolute atomic E-state index is 11.8. The van der Waals surface area contributed by atoms with E-state index in [4.69, 9.17) is 22.2 Å². The molecule has 1 aliphatic carbocycles. The molecule has 0 radical (unpaired) electrons. The lowest BCUT2D eigenvalue weighted by atomic mass is 9.66. The molecular weight excluding hydrogens is 403 g/mol. The van der Waals surface area contributed by atoms with Crippen LogP contribution in [0.1, 0.15) is 43.2 Å². The summed E-state index contributed by atoms with van der Waals surface area (Å²) in [6, 6.07) is 16.5. The van der Waals surface area contributed by atoms with E-state index in [9.17, 15) is 9.90 Å². The topological polar surface area (TPSA) is 116 Å². The number of carboxylic acid groups (broad SMARTS) is 1. The fraction of sp³-hybridized carbons (Fsp3) is 0.400. The molecule has 0 heterocycles. The Morgan fingerprint density at radius 1 is 1.09 bits per heavy atom. The van der Waals surface area contributed by atoms with Crippen LogP contribution in [0.4, 0.5) is 0 Å². The Hall–Kier alpha value is -2.63. The quantitative estimate of drug-likeness (QED) is 0.211. The van der Waals surface area contributed by atoms with Gasteiger partial charge in [-0.2, -0.15) is 0 Å². The van der Waals surface area contributed by atoms with E-state index in [0.717, 1.165) is 35.1 Å². The Balaban J connectivity index is 1.46. The van der Waals surface area contributed by atoms with E-state index in [0.29, 0.717) is 25.8 Å². The van der Waals surface area contributed by atoms with Gasteiger partial charge in [0.15, 0.2) is 0 Å². The van der Waals surface area contributed by atoms with Crippen LogP contribution < -0.4 is 11.1 Å². The minimum atomic E-state index is -1.35. The summed E-state index contributed by atoms with van der Waals surface area (Å²) < 4.78 is 0. The standard InChI is InChI=1S/C25H31BN2O4/c1-2-18-5-9-20(10-6-18)21-11-7-19(8-12-21)17-28-23-15-22(16-23)25(27,24(29)30)13-3-4-14-26(31)32/h1,5-12,22-23,28,31-32H,3-4,13-17,27H2,(H,29,30)/t22?,23?,25-/m1/s1. The second-order valence-electron chi connectivity index (χ2n) is 8.74. The molecule has 0 amide bonds. The largest absolute Gasteiger partial charge is 0.480 e. The maximum Gasteiger partial charge on any atom is 0.451 e. The van der Waals surface area contributed by atoms with Gasteiger partial charge in [0, 0.05) is 18.2 Å². The number of carboxylic acids is 1. The highest BCUT2D eigenvalue weighted by Gasteiger charge is 2.47. The second kappa shape index (κ2) is 10.8. The van der Waals surface area contributed by atoms with E-state index < -0.39 is 18.6 Å². The molecule has 2 aromatic carbocycles. The van der Waals surface area contributed by atoms with Crippen molar-refractivity contribution >= 4 is 13.1 Å². The van der Waals surface area contributed by atoms with E-state index >= 15 is 0 Å². The van der Waals surface area contributed by atoms with Crippen molar-refractivity contribution in [2.45, 2.75) is 56.5 Å². The molecule has 2 aromatic rings. The van der Waals surface area contributed by atoms with Crippen LogP contribution in [0.25, 0.3) is 11.1 Å². The molecule has 0 saturated heterocycles. The summed E-state index contributed by atoms with van der Waals surface area (Å²) in [5, 5.41) is 31.0. The number of nitrogens with one attached hydrogen (secondary N) is 1. The fourth-order valence-corrected chi connectivity index (χ4v) is 4.27. The molecule has 0 aromatic heterocycles. The molecule has 0 unspecified atom stereocenters. The van der Waals surface area contributed by atoms with Crippen molar-refractivity contribution in [1.29, 1.82) is 0 Å². The predicted octanol–water partition coefficient (Wildman–Crippen LogP) is 2.63. The van der Waals surface area contributed by atoms with E-state index in [1.54, 1.807) is 0 Å². The highest BCUT2D eigenvalue weighted by atomic mass is 16.4. The fourth-order valence-electron chi connectivity index (χ4n) is 4.27. The zero-order valence-electron chi connectivity index (χ0n) is 18.2. The number of aliphatic carboxylic acids is 1. The van der Waals surface area contributed by atoms with Crippen LogP contribution in [0.5, 0.6) is 0 Å². The molecular formula is C25H31BN2O4. The number of rotatable bonds is 11. The molecule has 0 bridgehead atoms. The summed E-state index contributed by atoms with van der Waals surface area (Å²) in [6.07, 6.45) is 8.55. The lowest BCUT2D eigenvalue weighted by molar-refractivity contribution is -0.148. The first-order valence-electron chi connectivity index (χ1n) is 11.1. The van der Waals surface area contributed by atoms with Crippen LogP contribution in [-0.2, 0) is 11.3 Å². The van der Waals surface area contributed by atoms with Crippen LogP contribution in [0.2, 0.25) is 6.32 Å². The van der Waals surface area contributed by atoms with Crippen molar-refractivity contribution in [1.82, 2.24) is 5.32 Å². The van der Waals surface area contributed by atoms with Gasteiger partial charge in [-0.15, -0.1) is 6.42 Å². The Morgan fingerprint density at radius 3 is 2.22 bits per heavy atom. The minimum Gasteiger partial charge on any atom is -0.480 e. The molecule has 7 heteroatoms. The Bertz CT molecular complexity index is 934. The first kappa shape index (κ1) is 24.0.